The second-order valence-electron chi connectivity index (χ2n) is 2.47. The van der Waals surface area contributed by atoms with Gasteiger partial charge in [0.25, 0.3) is 0 Å². The van der Waals surface area contributed by atoms with Gasteiger partial charge in [-0.05, 0) is 6.42 Å². The highest BCUT2D eigenvalue weighted by Crippen LogP contribution is 2.17. The van der Waals surface area contributed by atoms with E-state index in [9.17, 15) is 5.11 Å². The Kier molecular flexibility index (Phi) is 2.71. The first-order chi connectivity index (χ1) is 4.74. The van der Waals surface area contributed by atoms with Crippen LogP contribution in [0, 0.1) is 0 Å². The van der Waals surface area contributed by atoms with Crippen molar-refractivity contribution >= 4 is 7.85 Å². The maximum Gasteiger partial charge on any atom is 0.109 e. The number of aliphatic hydroxyl groups excluding tert-OH is 1. The number of hydrogen-bond donors (Lipinski definition) is 1. The van der Waals surface area contributed by atoms with Gasteiger partial charge in [-0.1, -0.05) is 0 Å². The summed E-state index contributed by atoms with van der Waals surface area (Å²) in [5.41, 5.74) is 0. The van der Waals surface area contributed by atoms with Gasteiger partial charge in [-0.25, -0.2) is 0 Å². The maximum absolute atomic E-state index is 9.21. The highest BCUT2D eigenvalue weighted by atomic mass is 16.5. The summed E-state index contributed by atoms with van der Waals surface area (Å²) in [5, 5.41) is 9.21. The summed E-state index contributed by atoms with van der Waals surface area (Å²) in [4.78, 5) is 0. The molecule has 3 atom stereocenters. The van der Waals surface area contributed by atoms with Gasteiger partial charge in [-0.15, -0.1) is 0 Å². The molecule has 1 aliphatic heterocycles. The van der Waals surface area contributed by atoms with E-state index in [4.69, 9.17) is 17.3 Å². The van der Waals surface area contributed by atoms with Crippen molar-refractivity contribution < 1.29 is 14.6 Å². The Morgan fingerprint density at radius 3 is 2.90 bits per heavy atom. The summed E-state index contributed by atoms with van der Waals surface area (Å²) in [7, 11) is 6.98. The fourth-order valence-electron chi connectivity index (χ4n) is 1.08. The standard InChI is InChI=1S/C6H11BO3/c1-9-3-5-4(8)2-6(7)10-5/h4-6,8H,2-3H2,1H3. The van der Waals surface area contributed by atoms with Crippen LogP contribution >= 0.6 is 0 Å². The van der Waals surface area contributed by atoms with Crippen LogP contribution in [-0.4, -0.2) is 44.9 Å². The van der Waals surface area contributed by atoms with Crippen LogP contribution in [0.5, 0.6) is 0 Å². The van der Waals surface area contributed by atoms with E-state index in [1.165, 1.54) is 0 Å². The molecule has 2 radical (unpaired) electrons. The molecular formula is C6H11BO3. The molecule has 3 unspecified atom stereocenters. The Bertz CT molecular complexity index is 109. The van der Waals surface area contributed by atoms with Gasteiger partial charge in [0.15, 0.2) is 0 Å². The molecule has 0 aromatic heterocycles. The summed E-state index contributed by atoms with van der Waals surface area (Å²) in [6.07, 6.45) is -0.191. The van der Waals surface area contributed by atoms with Crippen LogP contribution in [0.3, 0.4) is 0 Å². The zero-order chi connectivity index (χ0) is 7.56. The first-order valence-electron chi connectivity index (χ1n) is 3.32. The van der Waals surface area contributed by atoms with Gasteiger partial charge < -0.3 is 14.6 Å². The molecule has 0 bridgehead atoms. The van der Waals surface area contributed by atoms with E-state index >= 15 is 0 Å². The molecule has 1 saturated heterocycles. The molecular weight excluding hydrogens is 131 g/mol. The van der Waals surface area contributed by atoms with Gasteiger partial charge >= 0.3 is 0 Å². The average Bonchev–Trinajstić information content (AvgIpc) is 2.13. The summed E-state index contributed by atoms with van der Waals surface area (Å²) in [6, 6.07) is -0.324. The summed E-state index contributed by atoms with van der Waals surface area (Å²) in [5.74, 6) is 0. The maximum atomic E-state index is 9.21. The number of hydrogen-bond acceptors (Lipinski definition) is 3. The molecule has 1 aliphatic rings. The fraction of sp³-hybridized carbons (Fsp3) is 1.00. The first-order valence-corrected chi connectivity index (χ1v) is 3.32. The molecule has 1 fully saturated rings. The summed E-state index contributed by atoms with van der Waals surface area (Å²) >= 11 is 0. The lowest BCUT2D eigenvalue weighted by Crippen LogP contribution is -2.25. The third kappa shape index (κ3) is 1.72. The van der Waals surface area contributed by atoms with Gasteiger partial charge in [-0.2, -0.15) is 0 Å². The summed E-state index contributed by atoms with van der Waals surface area (Å²) < 4.78 is 9.92. The van der Waals surface area contributed by atoms with Crippen LogP contribution in [0.25, 0.3) is 0 Å². The molecule has 0 spiro atoms. The van der Waals surface area contributed by atoms with Crippen LogP contribution < -0.4 is 0 Å². The zero-order valence-electron chi connectivity index (χ0n) is 5.99. The molecule has 0 saturated carbocycles. The lowest BCUT2D eigenvalue weighted by atomic mass is 9.96. The van der Waals surface area contributed by atoms with E-state index in [-0.39, 0.29) is 12.1 Å². The lowest BCUT2D eigenvalue weighted by Gasteiger charge is -2.11. The minimum absolute atomic E-state index is 0.236. The molecule has 1 N–H and O–H groups in total. The van der Waals surface area contributed by atoms with E-state index in [2.05, 4.69) is 0 Å². The second kappa shape index (κ2) is 3.37. The van der Waals surface area contributed by atoms with Crippen LogP contribution in [0.1, 0.15) is 6.42 Å². The predicted molar refractivity (Wildman–Crippen MR) is 36.9 cm³/mol. The molecule has 3 nitrogen and oxygen atoms in total. The number of methoxy groups -OCH3 is 1. The Morgan fingerprint density at radius 1 is 1.80 bits per heavy atom. The Morgan fingerprint density at radius 2 is 2.50 bits per heavy atom. The van der Waals surface area contributed by atoms with Crippen molar-refractivity contribution in [2.24, 2.45) is 0 Å². The highest BCUT2D eigenvalue weighted by molar-refractivity contribution is 6.11. The number of aliphatic hydroxyl groups is 1. The van der Waals surface area contributed by atoms with Crippen molar-refractivity contribution in [3.05, 3.63) is 0 Å². The fourth-order valence-corrected chi connectivity index (χ4v) is 1.08. The number of ether oxygens (including phenoxy) is 2. The van der Waals surface area contributed by atoms with Gasteiger partial charge in [0.05, 0.1) is 12.7 Å². The third-order valence-corrected chi connectivity index (χ3v) is 1.58. The van der Waals surface area contributed by atoms with Crippen molar-refractivity contribution in [2.45, 2.75) is 24.6 Å². The largest absolute Gasteiger partial charge is 0.390 e. The van der Waals surface area contributed by atoms with Crippen molar-refractivity contribution in [2.75, 3.05) is 13.7 Å². The van der Waals surface area contributed by atoms with Crippen LogP contribution in [0.2, 0.25) is 0 Å². The smallest absolute Gasteiger partial charge is 0.109 e. The predicted octanol–water partition coefficient (Wildman–Crippen LogP) is -0.723. The number of rotatable bonds is 2. The molecule has 0 amide bonds. The van der Waals surface area contributed by atoms with E-state index in [1.807, 2.05) is 0 Å². The minimum atomic E-state index is -0.463. The molecule has 56 valence electrons. The van der Waals surface area contributed by atoms with Crippen molar-refractivity contribution in [1.82, 2.24) is 0 Å². The Hall–Kier alpha value is -0.0551. The highest BCUT2D eigenvalue weighted by Gasteiger charge is 2.30. The average molecular weight is 142 g/mol. The van der Waals surface area contributed by atoms with Crippen LogP contribution in [0.4, 0.5) is 0 Å². The third-order valence-electron chi connectivity index (χ3n) is 1.58. The Labute approximate surface area is 61.7 Å². The van der Waals surface area contributed by atoms with Crippen molar-refractivity contribution in [3.8, 4) is 0 Å². The molecule has 10 heavy (non-hydrogen) atoms. The summed E-state index contributed by atoms with van der Waals surface area (Å²) in [6.45, 7) is 0.412. The van der Waals surface area contributed by atoms with E-state index in [0.29, 0.717) is 13.0 Å². The topological polar surface area (TPSA) is 38.7 Å². The van der Waals surface area contributed by atoms with E-state index in [1.54, 1.807) is 7.11 Å². The van der Waals surface area contributed by atoms with Crippen molar-refractivity contribution in [1.29, 1.82) is 0 Å². The normalized spacial score (nSPS) is 40.4. The zero-order valence-corrected chi connectivity index (χ0v) is 5.99. The van der Waals surface area contributed by atoms with Crippen molar-refractivity contribution in [3.63, 3.8) is 0 Å². The van der Waals surface area contributed by atoms with Gasteiger partial charge in [0.1, 0.15) is 14.0 Å². The van der Waals surface area contributed by atoms with Crippen LogP contribution in [0.15, 0.2) is 0 Å². The van der Waals surface area contributed by atoms with Gasteiger partial charge in [0.2, 0.25) is 0 Å². The SMILES string of the molecule is [B]C1CC(O)C(COC)O1. The molecule has 0 aromatic rings. The van der Waals surface area contributed by atoms with Gasteiger partial charge in [-0.3, -0.25) is 0 Å². The first kappa shape index (κ1) is 8.05. The molecule has 0 aliphatic carbocycles. The quantitative estimate of drug-likeness (QED) is 0.517. The molecule has 4 heteroatoms. The molecule has 0 aromatic carbocycles. The van der Waals surface area contributed by atoms with Gasteiger partial charge in [0, 0.05) is 13.1 Å². The second-order valence-corrected chi connectivity index (χ2v) is 2.47. The van der Waals surface area contributed by atoms with E-state index < -0.39 is 6.10 Å². The monoisotopic (exact) mass is 142 g/mol. The van der Waals surface area contributed by atoms with E-state index in [0.717, 1.165) is 0 Å². The minimum Gasteiger partial charge on any atom is -0.390 e. The lowest BCUT2D eigenvalue weighted by molar-refractivity contribution is -0.0173. The van der Waals surface area contributed by atoms with Crippen LogP contribution in [-0.2, 0) is 9.47 Å². The Balaban J connectivity index is 2.31. The molecule has 1 heterocycles. The molecule has 1 rings (SSSR count).